The second-order valence-electron chi connectivity index (χ2n) is 9.15. The summed E-state index contributed by atoms with van der Waals surface area (Å²) < 4.78 is 132. The van der Waals surface area contributed by atoms with Crippen LogP contribution in [0.2, 0.25) is 0 Å². The van der Waals surface area contributed by atoms with E-state index < -0.39 is 53.3 Å². The molecule has 0 bridgehead atoms. The summed E-state index contributed by atoms with van der Waals surface area (Å²) in [6.45, 7) is 9.64. The lowest BCUT2D eigenvalue weighted by Crippen LogP contribution is -2.25. The zero-order valence-electron chi connectivity index (χ0n) is 23.9. The smallest absolute Gasteiger partial charge is 0.422 e. The van der Waals surface area contributed by atoms with Crippen LogP contribution in [0.25, 0.3) is 0 Å². The van der Waals surface area contributed by atoms with E-state index in [0.717, 1.165) is 18.9 Å². The number of benzene rings is 2. The predicted molar refractivity (Wildman–Crippen MR) is 153 cm³/mol. The van der Waals surface area contributed by atoms with Crippen molar-refractivity contribution in [2.45, 2.75) is 44.9 Å². The Kier molecular flexibility index (Phi) is 13.7. The molecule has 45 heavy (non-hydrogen) atoms. The second kappa shape index (κ2) is 16.9. The van der Waals surface area contributed by atoms with Gasteiger partial charge in [0.2, 0.25) is 0 Å². The van der Waals surface area contributed by atoms with E-state index in [1.165, 1.54) is 12.1 Å². The largest absolute Gasteiger partial charge is 0.494 e. The maximum Gasteiger partial charge on any atom is 0.422 e. The number of halogens is 9. The van der Waals surface area contributed by atoms with Crippen molar-refractivity contribution in [1.29, 1.82) is 0 Å². The average Bonchev–Trinajstić information content (AvgIpc) is 2.90. The lowest BCUT2D eigenvalue weighted by molar-refractivity contribution is -0.176. The monoisotopic (exact) mass is 638 g/mol. The number of hydrogen-bond donors (Lipinski definition) is 0. The van der Waals surface area contributed by atoms with Gasteiger partial charge < -0.3 is 9.47 Å². The normalized spacial score (nSPS) is 12.2. The fourth-order valence-electron chi connectivity index (χ4n) is 3.39. The van der Waals surface area contributed by atoms with Gasteiger partial charge in [0.25, 0.3) is 0 Å². The molecule has 238 valence electrons. The van der Waals surface area contributed by atoms with Gasteiger partial charge in [0.05, 0.1) is 12.2 Å². The molecule has 0 aliphatic rings. The molecule has 11 heteroatoms. The summed E-state index contributed by atoms with van der Waals surface area (Å²) in [5.74, 6) is 3.02. The summed E-state index contributed by atoms with van der Waals surface area (Å²) in [6.07, 6.45) is -2.00. The van der Waals surface area contributed by atoms with Crippen molar-refractivity contribution in [3.05, 3.63) is 125 Å². The molecule has 0 radical (unpaired) electrons. The number of hydrogen-bond acceptors (Lipinski definition) is 2. The molecule has 0 N–H and O–H groups in total. The lowest BCUT2D eigenvalue weighted by Gasteiger charge is -2.18. The molecule has 2 aromatic carbocycles. The zero-order valence-corrected chi connectivity index (χ0v) is 23.9. The standard InChI is InChI=1S/C34H27F9O2/c1-4-6-17-44-27(10-5-2)12-9-7-8-11-24-14-16-25(29(36)19-24)15-13-23(3)18-26(35)22-33(39,40)45-28-20-30(37)32(31(38)21-28)34(41,42)43/h5,9-10,12,14,16,18-21H,2-4,6-7,17,22H2,1H3/b12-9-,26-18+,27-10+. The highest BCUT2D eigenvalue weighted by Gasteiger charge is 2.39. The maximum absolute atomic E-state index is 14.5. The summed E-state index contributed by atoms with van der Waals surface area (Å²) in [5, 5.41) is 0. The van der Waals surface area contributed by atoms with Crippen LogP contribution in [-0.2, 0) is 10.9 Å². The molecule has 2 rings (SSSR count). The Labute approximate surface area is 255 Å². The Morgan fingerprint density at radius 2 is 1.67 bits per heavy atom. The minimum Gasteiger partial charge on any atom is -0.494 e. The van der Waals surface area contributed by atoms with Gasteiger partial charge in [0, 0.05) is 29.7 Å². The Morgan fingerprint density at radius 3 is 2.27 bits per heavy atom. The highest BCUT2D eigenvalue weighted by molar-refractivity contribution is 5.47. The van der Waals surface area contributed by atoms with Gasteiger partial charge in [-0.05, 0) is 42.8 Å². The van der Waals surface area contributed by atoms with Crippen molar-refractivity contribution in [3.63, 3.8) is 0 Å². The van der Waals surface area contributed by atoms with Gasteiger partial charge in [-0.15, -0.1) is 0 Å². The molecule has 0 unspecified atom stereocenters. The van der Waals surface area contributed by atoms with Gasteiger partial charge in [-0.3, -0.25) is 0 Å². The van der Waals surface area contributed by atoms with Crippen LogP contribution in [0.5, 0.6) is 5.75 Å². The van der Waals surface area contributed by atoms with E-state index in [-0.39, 0.29) is 23.3 Å². The van der Waals surface area contributed by atoms with E-state index in [9.17, 15) is 39.5 Å². The summed E-state index contributed by atoms with van der Waals surface area (Å²) in [6, 6.07) is 3.73. The average molecular weight is 639 g/mol. The van der Waals surface area contributed by atoms with Crippen molar-refractivity contribution in [1.82, 2.24) is 0 Å². The van der Waals surface area contributed by atoms with E-state index in [2.05, 4.69) is 41.6 Å². The van der Waals surface area contributed by atoms with Crippen molar-refractivity contribution < 1.29 is 49.0 Å². The molecule has 0 aliphatic heterocycles. The first kappa shape index (κ1) is 36.4. The highest BCUT2D eigenvalue weighted by atomic mass is 19.4. The van der Waals surface area contributed by atoms with E-state index in [0.29, 0.717) is 30.4 Å². The third-order valence-corrected chi connectivity index (χ3v) is 5.38. The maximum atomic E-state index is 14.5. The Balaban J connectivity index is 2.01. The lowest BCUT2D eigenvalue weighted by atomic mass is 10.1. The molecule has 0 amide bonds. The van der Waals surface area contributed by atoms with Crippen molar-refractivity contribution >= 4 is 0 Å². The minimum atomic E-state index is -5.42. The predicted octanol–water partition coefficient (Wildman–Crippen LogP) is 10.1. The van der Waals surface area contributed by atoms with Crippen LogP contribution in [0.3, 0.4) is 0 Å². The number of rotatable bonds is 12. The molecule has 0 saturated carbocycles. The highest BCUT2D eigenvalue weighted by Crippen LogP contribution is 2.37. The van der Waals surface area contributed by atoms with Gasteiger partial charge in [0.1, 0.15) is 46.8 Å². The van der Waals surface area contributed by atoms with Crippen LogP contribution in [0, 0.1) is 41.1 Å². The summed E-state index contributed by atoms with van der Waals surface area (Å²) in [5.41, 5.74) is -2.39. The first-order valence-electron chi connectivity index (χ1n) is 13.3. The molecule has 0 spiro atoms. The Bertz CT molecular complexity index is 1570. The van der Waals surface area contributed by atoms with Gasteiger partial charge in [-0.2, -0.15) is 22.0 Å². The van der Waals surface area contributed by atoms with Gasteiger partial charge in [-0.25, -0.2) is 17.6 Å². The Morgan fingerprint density at radius 1 is 0.978 bits per heavy atom. The molecule has 0 aliphatic carbocycles. The quantitative estimate of drug-likeness (QED) is 0.0758. The fraction of sp³-hybridized carbons (Fsp3) is 0.235. The summed E-state index contributed by atoms with van der Waals surface area (Å²) >= 11 is 0. The number of alkyl halides is 5. The van der Waals surface area contributed by atoms with E-state index in [1.807, 2.05) is 6.92 Å². The summed E-state index contributed by atoms with van der Waals surface area (Å²) in [7, 11) is 0. The van der Waals surface area contributed by atoms with Crippen molar-refractivity contribution in [2.24, 2.45) is 0 Å². The molecule has 0 aromatic heterocycles. The SMILES string of the molecule is C=C/C=C(\C=C/CC#Cc1ccc(C#CC(=C)/C=C(/F)CC(F)(F)Oc2cc(F)c(C(F)(F)F)c(F)c2)c(F)c1)OCCCC. The van der Waals surface area contributed by atoms with Crippen LogP contribution >= 0.6 is 0 Å². The molecule has 0 saturated heterocycles. The van der Waals surface area contributed by atoms with Gasteiger partial charge in [-0.1, -0.05) is 62.3 Å². The number of allylic oxidation sites excluding steroid dienone is 6. The zero-order chi connectivity index (χ0) is 33.6. The summed E-state index contributed by atoms with van der Waals surface area (Å²) in [4.78, 5) is 0. The van der Waals surface area contributed by atoms with E-state index in [4.69, 9.17) is 4.74 Å². The van der Waals surface area contributed by atoms with Crippen LogP contribution in [0.15, 0.2) is 91.0 Å². The number of ether oxygens (including phenoxy) is 2. The molecule has 0 fully saturated rings. The third kappa shape index (κ3) is 12.8. The van der Waals surface area contributed by atoms with Crippen LogP contribution in [0.4, 0.5) is 39.5 Å². The number of unbranched alkanes of at least 4 members (excludes halogenated alkanes) is 1. The first-order valence-corrected chi connectivity index (χ1v) is 13.3. The Hall–Kier alpha value is -4.77. The molecular weight excluding hydrogens is 611 g/mol. The topological polar surface area (TPSA) is 18.5 Å². The van der Waals surface area contributed by atoms with Crippen LogP contribution in [0.1, 0.15) is 49.3 Å². The van der Waals surface area contributed by atoms with Gasteiger partial charge in [0.15, 0.2) is 0 Å². The fourth-order valence-corrected chi connectivity index (χ4v) is 3.39. The van der Waals surface area contributed by atoms with Crippen LogP contribution < -0.4 is 4.74 Å². The van der Waals surface area contributed by atoms with E-state index >= 15 is 0 Å². The molecule has 2 aromatic rings. The molecule has 2 nitrogen and oxygen atoms in total. The minimum absolute atomic E-state index is 0.0993. The van der Waals surface area contributed by atoms with E-state index in [1.54, 1.807) is 24.3 Å². The first-order chi connectivity index (χ1) is 21.1. The van der Waals surface area contributed by atoms with Crippen LogP contribution in [-0.4, -0.2) is 12.7 Å². The van der Waals surface area contributed by atoms with Gasteiger partial charge >= 0.3 is 12.3 Å². The molecular formula is C34H27F9O2. The third-order valence-electron chi connectivity index (χ3n) is 5.38. The second-order valence-corrected chi connectivity index (χ2v) is 9.15. The van der Waals surface area contributed by atoms with Crippen molar-refractivity contribution in [2.75, 3.05) is 6.61 Å². The van der Waals surface area contributed by atoms with Crippen molar-refractivity contribution in [3.8, 4) is 29.4 Å². The molecule has 0 heterocycles. The molecule has 0 atom stereocenters.